The van der Waals surface area contributed by atoms with Gasteiger partial charge in [0.2, 0.25) is 0 Å². The van der Waals surface area contributed by atoms with E-state index in [1.165, 1.54) is 6.42 Å². The number of hydrogen-bond acceptors (Lipinski definition) is 4. The highest BCUT2D eigenvalue weighted by Crippen LogP contribution is 2.76. The molecule has 196 valence electrons. The van der Waals surface area contributed by atoms with Crippen molar-refractivity contribution in [2.75, 3.05) is 0 Å². The van der Waals surface area contributed by atoms with Crippen molar-refractivity contribution in [1.82, 2.24) is 0 Å². The molecule has 34 heavy (non-hydrogen) atoms. The van der Waals surface area contributed by atoms with Crippen LogP contribution in [0.3, 0.4) is 0 Å². The van der Waals surface area contributed by atoms with Crippen LogP contribution in [0.2, 0.25) is 0 Å². The molecule has 0 bridgehead atoms. The van der Waals surface area contributed by atoms with Crippen LogP contribution in [-0.4, -0.2) is 44.8 Å². The van der Waals surface area contributed by atoms with Crippen molar-refractivity contribution in [2.45, 2.75) is 143 Å². The fourth-order valence-corrected chi connectivity index (χ4v) is 11.5. The molecule has 0 aromatic rings. The number of aliphatic hydroxyl groups is 3. The maximum absolute atomic E-state index is 11.9. The molecule has 11 atom stereocenters. The molecule has 4 heteroatoms. The van der Waals surface area contributed by atoms with Gasteiger partial charge in [-0.1, -0.05) is 34.6 Å². The molecular weight excluding hydrogens is 424 g/mol. The average Bonchev–Trinajstić information content (AvgIpc) is 3.07. The molecule has 4 aliphatic carbocycles. The molecule has 0 radical (unpaired) electrons. The molecule has 0 spiro atoms. The summed E-state index contributed by atoms with van der Waals surface area (Å²) < 4.78 is 6.83. The van der Waals surface area contributed by atoms with Crippen LogP contribution in [0.15, 0.2) is 0 Å². The highest BCUT2D eigenvalue weighted by Gasteiger charge is 2.73. The molecular formula is C30H52O4. The summed E-state index contributed by atoms with van der Waals surface area (Å²) in [5, 5.41) is 34.6. The SMILES string of the molecule is CC1(C)CCC[C@@](C)([C@H]2CC[C@]3(C)[C@H]2[C@H](O)C[C@@H]2[C@@]4(C)CC[C@H](O)C(C)(C)[C@H]4[C@@H](O)C[C@]23C)O1. The van der Waals surface area contributed by atoms with E-state index in [2.05, 4.69) is 55.4 Å². The van der Waals surface area contributed by atoms with E-state index in [-0.39, 0.29) is 56.9 Å². The van der Waals surface area contributed by atoms with Gasteiger partial charge in [-0.05, 0) is 124 Å². The topological polar surface area (TPSA) is 69.9 Å². The third-order valence-electron chi connectivity index (χ3n) is 13.0. The smallest absolute Gasteiger partial charge is 0.0693 e. The normalized spacial score (nSPS) is 58.5. The Morgan fingerprint density at radius 2 is 1.41 bits per heavy atom. The van der Waals surface area contributed by atoms with Crippen LogP contribution >= 0.6 is 0 Å². The number of hydrogen-bond donors (Lipinski definition) is 3. The summed E-state index contributed by atoms with van der Waals surface area (Å²) in [6, 6.07) is 0. The number of ether oxygens (including phenoxy) is 1. The van der Waals surface area contributed by atoms with Gasteiger partial charge in [0.25, 0.3) is 0 Å². The summed E-state index contributed by atoms with van der Waals surface area (Å²) in [7, 11) is 0. The highest BCUT2D eigenvalue weighted by molar-refractivity contribution is 5.21. The van der Waals surface area contributed by atoms with E-state index in [0.29, 0.717) is 11.8 Å². The lowest BCUT2D eigenvalue weighted by Gasteiger charge is -2.71. The van der Waals surface area contributed by atoms with E-state index in [4.69, 9.17) is 4.74 Å². The first-order chi connectivity index (χ1) is 15.5. The van der Waals surface area contributed by atoms with Crippen LogP contribution in [0, 0.1) is 45.3 Å². The van der Waals surface area contributed by atoms with Gasteiger partial charge in [0.1, 0.15) is 0 Å². The Morgan fingerprint density at radius 3 is 2.06 bits per heavy atom. The van der Waals surface area contributed by atoms with E-state index in [1.54, 1.807) is 0 Å². The van der Waals surface area contributed by atoms with Crippen molar-refractivity contribution < 1.29 is 20.1 Å². The molecule has 1 heterocycles. The standard InChI is InChI=1S/C30H52O4/c1-25(2)12-9-13-30(8,34-25)18-10-15-28(6)23(18)19(31)16-21-27(5)14-11-22(33)26(3,4)24(27)20(32)17-29(21,28)7/h18-24,31-33H,9-17H2,1-8H3/t18-,19+,20-,21+,22-,23+,24+,27+,28+,29+,30-/m0/s1. The molecule has 0 aromatic carbocycles. The zero-order chi connectivity index (χ0) is 25.1. The van der Waals surface area contributed by atoms with Crippen LogP contribution in [0.1, 0.15) is 113 Å². The third-order valence-corrected chi connectivity index (χ3v) is 13.0. The number of fused-ring (bicyclic) bond motifs is 5. The Labute approximate surface area is 208 Å². The van der Waals surface area contributed by atoms with E-state index in [1.807, 2.05) is 0 Å². The molecule has 4 nitrogen and oxygen atoms in total. The van der Waals surface area contributed by atoms with Crippen molar-refractivity contribution in [3.63, 3.8) is 0 Å². The van der Waals surface area contributed by atoms with Gasteiger partial charge >= 0.3 is 0 Å². The Hall–Kier alpha value is -0.160. The fraction of sp³-hybridized carbons (Fsp3) is 1.00. The molecule has 0 unspecified atom stereocenters. The van der Waals surface area contributed by atoms with Gasteiger partial charge in [-0.3, -0.25) is 0 Å². The first-order valence-electron chi connectivity index (χ1n) is 14.3. The zero-order valence-corrected chi connectivity index (χ0v) is 23.2. The number of rotatable bonds is 1. The summed E-state index contributed by atoms with van der Waals surface area (Å²) >= 11 is 0. The van der Waals surface area contributed by atoms with Gasteiger partial charge in [-0.2, -0.15) is 0 Å². The minimum Gasteiger partial charge on any atom is -0.393 e. The van der Waals surface area contributed by atoms with Crippen molar-refractivity contribution in [3.8, 4) is 0 Å². The van der Waals surface area contributed by atoms with Crippen LogP contribution < -0.4 is 0 Å². The Kier molecular flexibility index (Phi) is 5.59. The molecule has 5 aliphatic rings. The summed E-state index contributed by atoms with van der Waals surface area (Å²) in [6.45, 7) is 18.4. The average molecular weight is 477 g/mol. The summed E-state index contributed by atoms with van der Waals surface area (Å²) in [6.07, 6.45) is 7.79. The molecule has 0 aromatic heterocycles. The number of aliphatic hydroxyl groups excluding tert-OH is 3. The quantitative estimate of drug-likeness (QED) is 0.453. The third kappa shape index (κ3) is 3.16. The summed E-state index contributed by atoms with van der Waals surface area (Å²) in [5.74, 6) is 0.984. The maximum Gasteiger partial charge on any atom is 0.0693 e. The molecule has 4 saturated carbocycles. The summed E-state index contributed by atoms with van der Waals surface area (Å²) in [4.78, 5) is 0. The van der Waals surface area contributed by atoms with Crippen LogP contribution in [0.4, 0.5) is 0 Å². The summed E-state index contributed by atoms with van der Waals surface area (Å²) in [5.41, 5.74) is -0.739. The van der Waals surface area contributed by atoms with Gasteiger partial charge in [-0.15, -0.1) is 0 Å². The van der Waals surface area contributed by atoms with Crippen LogP contribution in [-0.2, 0) is 4.74 Å². The van der Waals surface area contributed by atoms with E-state index >= 15 is 0 Å². The zero-order valence-electron chi connectivity index (χ0n) is 23.2. The van der Waals surface area contributed by atoms with E-state index in [0.717, 1.165) is 51.4 Å². The Morgan fingerprint density at radius 1 is 0.735 bits per heavy atom. The fourth-order valence-electron chi connectivity index (χ4n) is 11.5. The van der Waals surface area contributed by atoms with E-state index in [9.17, 15) is 15.3 Å². The van der Waals surface area contributed by atoms with E-state index < -0.39 is 6.10 Å². The minimum atomic E-state index is -0.414. The van der Waals surface area contributed by atoms with Crippen molar-refractivity contribution >= 4 is 0 Å². The second-order valence-corrected chi connectivity index (χ2v) is 15.5. The first-order valence-corrected chi connectivity index (χ1v) is 14.3. The lowest BCUT2D eigenvalue weighted by molar-refractivity contribution is -0.279. The van der Waals surface area contributed by atoms with Crippen molar-refractivity contribution in [2.24, 2.45) is 45.3 Å². The largest absolute Gasteiger partial charge is 0.393 e. The second-order valence-electron chi connectivity index (χ2n) is 15.5. The first kappa shape index (κ1) is 25.5. The molecule has 0 amide bonds. The van der Waals surface area contributed by atoms with Gasteiger partial charge in [0, 0.05) is 0 Å². The van der Waals surface area contributed by atoms with Crippen LogP contribution in [0.5, 0.6) is 0 Å². The predicted octanol–water partition coefficient (Wildman–Crippen LogP) is 5.71. The van der Waals surface area contributed by atoms with Crippen LogP contribution in [0.25, 0.3) is 0 Å². The lowest BCUT2D eigenvalue weighted by Crippen LogP contribution is -2.70. The second kappa shape index (κ2) is 7.45. The minimum absolute atomic E-state index is 0.0247. The maximum atomic E-state index is 11.9. The lowest BCUT2D eigenvalue weighted by atomic mass is 9.34. The van der Waals surface area contributed by atoms with Gasteiger partial charge in [0.05, 0.1) is 29.5 Å². The Balaban J connectivity index is 1.54. The molecule has 1 aliphatic heterocycles. The highest BCUT2D eigenvalue weighted by atomic mass is 16.5. The van der Waals surface area contributed by atoms with Gasteiger partial charge in [0.15, 0.2) is 0 Å². The van der Waals surface area contributed by atoms with Crippen molar-refractivity contribution in [3.05, 3.63) is 0 Å². The molecule has 5 rings (SSSR count). The van der Waals surface area contributed by atoms with Gasteiger partial charge in [-0.25, -0.2) is 0 Å². The molecule has 5 fully saturated rings. The van der Waals surface area contributed by atoms with Gasteiger partial charge < -0.3 is 20.1 Å². The monoisotopic (exact) mass is 476 g/mol. The molecule has 1 saturated heterocycles. The predicted molar refractivity (Wildman–Crippen MR) is 135 cm³/mol. The molecule has 3 N–H and O–H groups in total. The van der Waals surface area contributed by atoms with Crippen molar-refractivity contribution in [1.29, 1.82) is 0 Å². The Bertz CT molecular complexity index is 823.